The molecule has 0 atom stereocenters. The minimum atomic E-state index is -0.338. The van der Waals surface area contributed by atoms with Gasteiger partial charge in [-0.2, -0.15) is 0 Å². The van der Waals surface area contributed by atoms with Gasteiger partial charge in [0.1, 0.15) is 5.00 Å². The number of carbonyl (C=O) groups is 1. The second-order valence-corrected chi connectivity index (χ2v) is 5.29. The monoisotopic (exact) mass is 270 g/mol. The number of rotatable bonds is 6. The lowest BCUT2D eigenvalue weighted by molar-refractivity contribution is 0.0601. The molecule has 102 valence electrons. The van der Waals surface area contributed by atoms with Crippen molar-refractivity contribution in [3.8, 4) is 0 Å². The summed E-state index contributed by atoms with van der Waals surface area (Å²) < 4.78 is 4.76. The van der Waals surface area contributed by atoms with Gasteiger partial charge in [-0.1, -0.05) is 13.8 Å². The molecule has 1 aromatic rings. The first-order valence-corrected chi connectivity index (χ1v) is 7.05. The fraction of sp³-hybridized carbons (Fsp3) is 0.615. The summed E-state index contributed by atoms with van der Waals surface area (Å²) in [5.74, 6) is -0.338. The molecule has 18 heavy (non-hydrogen) atoms. The summed E-state index contributed by atoms with van der Waals surface area (Å²) in [6.45, 7) is 9.32. The number of nitrogens with zero attached hydrogens (tertiary/aromatic N) is 1. The molecule has 0 amide bonds. The van der Waals surface area contributed by atoms with Crippen LogP contribution < -0.4 is 5.73 Å². The SMILES string of the molecule is CCN(CC)CCc1sc(N)c(C(=O)OC)c1C. The normalized spacial score (nSPS) is 10.9. The van der Waals surface area contributed by atoms with Crippen LogP contribution in [0.4, 0.5) is 5.00 Å². The minimum absolute atomic E-state index is 0.338. The molecule has 0 saturated carbocycles. The van der Waals surface area contributed by atoms with E-state index in [4.69, 9.17) is 10.5 Å². The molecule has 2 N–H and O–H groups in total. The number of anilines is 1. The van der Waals surface area contributed by atoms with E-state index in [1.807, 2.05) is 6.92 Å². The van der Waals surface area contributed by atoms with Crippen molar-refractivity contribution in [3.05, 3.63) is 16.0 Å². The predicted octanol–water partition coefficient (Wildman–Crippen LogP) is 2.31. The van der Waals surface area contributed by atoms with Crippen LogP contribution in [0.1, 0.15) is 34.6 Å². The van der Waals surface area contributed by atoms with Crippen molar-refractivity contribution in [3.63, 3.8) is 0 Å². The summed E-state index contributed by atoms with van der Waals surface area (Å²) in [4.78, 5) is 15.1. The largest absolute Gasteiger partial charge is 0.465 e. The van der Waals surface area contributed by atoms with E-state index in [1.165, 1.54) is 23.3 Å². The molecule has 1 aromatic heterocycles. The first kappa shape index (κ1) is 15.0. The van der Waals surface area contributed by atoms with Gasteiger partial charge >= 0.3 is 5.97 Å². The maximum Gasteiger partial charge on any atom is 0.341 e. The molecule has 0 saturated heterocycles. The third kappa shape index (κ3) is 3.23. The van der Waals surface area contributed by atoms with Gasteiger partial charge in [-0.25, -0.2) is 4.79 Å². The Hall–Kier alpha value is -1.07. The van der Waals surface area contributed by atoms with Crippen LogP contribution in [-0.2, 0) is 11.2 Å². The van der Waals surface area contributed by atoms with Gasteiger partial charge < -0.3 is 15.4 Å². The first-order chi connectivity index (χ1) is 8.54. The highest BCUT2D eigenvalue weighted by Crippen LogP contribution is 2.31. The second kappa shape index (κ2) is 6.75. The fourth-order valence-corrected chi connectivity index (χ4v) is 3.03. The van der Waals surface area contributed by atoms with E-state index in [0.29, 0.717) is 10.6 Å². The van der Waals surface area contributed by atoms with Crippen LogP contribution in [0.3, 0.4) is 0 Å². The maximum atomic E-state index is 11.6. The van der Waals surface area contributed by atoms with E-state index in [9.17, 15) is 4.79 Å². The number of nitrogen functional groups attached to an aromatic ring is 1. The summed E-state index contributed by atoms with van der Waals surface area (Å²) in [6, 6.07) is 0. The Balaban J connectivity index is 2.82. The highest BCUT2D eigenvalue weighted by Gasteiger charge is 2.19. The van der Waals surface area contributed by atoms with Crippen LogP contribution in [-0.4, -0.2) is 37.6 Å². The molecule has 0 unspecified atom stereocenters. The van der Waals surface area contributed by atoms with Gasteiger partial charge in [0, 0.05) is 11.4 Å². The second-order valence-electron chi connectivity index (χ2n) is 4.16. The molecule has 0 aliphatic carbocycles. The van der Waals surface area contributed by atoms with Crippen LogP contribution in [0.5, 0.6) is 0 Å². The molecular formula is C13H22N2O2S. The molecule has 1 heterocycles. The lowest BCUT2D eigenvalue weighted by Crippen LogP contribution is -2.25. The Bertz CT molecular complexity index is 411. The van der Waals surface area contributed by atoms with Crippen LogP contribution >= 0.6 is 11.3 Å². The summed E-state index contributed by atoms with van der Waals surface area (Å²) in [7, 11) is 1.38. The number of ether oxygens (including phenoxy) is 1. The number of likely N-dealkylation sites (N-methyl/N-ethyl adjacent to an activating group) is 1. The Morgan fingerprint density at radius 3 is 2.50 bits per heavy atom. The maximum absolute atomic E-state index is 11.6. The van der Waals surface area contributed by atoms with Crippen molar-refractivity contribution in [1.29, 1.82) is 0 Å². The van der Waals surface area contributed by atoms with Crippen molar-refractivity contribution in [1.82, 2.24) is 4.90 Å². The van der Waals surface area contributed by atoms with E-state index in [1.54, 1.807) is 0 Å². The molecule has 0 aliphatic heterocycles. The van der Waals surface area contributed by atoms with Gasteiger partial charge in [0.05, 0.1) is 12.7 Å². The van der Waals surface area contributed by atoms with Gasteiger partial charge in [-0.3, -0.25) is 0 Å². The summed E-state index contributed by atoms with van der Waals surface area (Å²) in [5, 5.41) is 0.564. The highest BCUT2D eigenvalue weighted by molar-refractivity contribution is 7.16. The fourth-order valence-electron chi connectivity index (χ4n) is 1.98. The number of thiophene rings is 1. The molecule has 0 aliphatic rings. The number of hydrogen-bond acceptors (Lipinski definition) is 5. The molecule has 4 nitrogen and oxygen atoms in total. The van der Waals surface area contributed by atoms with Gasteiger partial charge in [-0.05, 0) is 32.0 Å². The number of carbonyl (C=O) groups excluding carboxylic acids is 1. The summed E-state index contributed by atoms with van der Waals surface area (Å²) in [6.07, 6.45) is 0.930. The van der Waals surface area contributed by atoms with E-state index in [2.05, 4.69) is 18.7 Å². The third-order valence-corrected chi connectivity index (χ3v) is 4.39. The first-order valence-electron chi connectivity index (χ1n) is 6.23. The number of nitrogens with two attached hydrogens (primary N) is 1. The van der Waals surface area contributed by atoms with Crippen molar-refractivity contribution in [2.75, 3.05) is 32.5 Å². The van der Waals surface area contributed by atoms with Crippen molar-refractivity contribution >= 4 is 22.3 Å². The van der Waals surface area contributed by atoms with Gasteiger partial charge in [0.25, 0.3) is 0 Å². The van der Waals surface area contributed by atoms with Gasteiger partial charge in [0.15, 0.2) is 0 Å². The van der Waals surface area contributed by atoms with Gasteiger partial charge in [0.2, 0.25) is 0 Å². The van der Waals surface area contributed by atoms with E-state index in [0.717, 1.165) is 31.6 Å². The number of hydrogen-bond donors (Lipinski definition) is 1. The smallest absolute Gasteiger partial charge is 0.341 e. The predicted molar refractivity (Wildman–Crippen MR) is 76.3 cm³/mol. The van der Waals surface area contributed by atoms with E-state index < -0.39 is 0 Å². The molecule has 0 bridgehead atoms. The lowest BCUT2D eigenvalue weighted by atomic mass is 10.1. The Morgan fingerprint density at radius 1 is 1.39 bits per heavy atom. The highest BCUT2D eigenvalue weighted by atomic mass is 32.1. The molecular weight excluding hydrogens is 248 g/mol. The quantitative estimate of drug-likeness (QED) is 0.806. The number of methoxy groups -OCH3 is 1. The van der Waals surface area contributed by atoms with Crippen LogP contribution in [0, 0.1) is 6.92 Å². The molecule has 0 aromatic carbocycles. The summed E-state index contributed by atoms with van der Waals surface area (Å²) in [5.41, 5.74) is 7.40. The van der Waals surface area contributed by atoms with Gasteiger partial charge in [-0.15, -0.1) is 11.3 Å². The van der Waals surface area contributed by atoms with Crippen LogP contribution in [0.25, 0.3) is 0 Å². The lowest BCUT2D eigenvalue weighted by Gasteiger charge is -2.17. The molecule has 0 spiro atoms. The van der Waals surface area contributed by atoms with Crippen molar-refractivity contribution < 1.29 is 9.53 Å². The Labute approximate surface area is 113 Å². The molecule has 0 radical (unpaired) electrons. The Kier molecular flexibility index (Phi) is 5.62. The van der Waals surface area contributed by atoms with E-state index in [-0.39, 0.29) is 5.97 Å². The standard InChI is InChI=1S/C13H22N2O2S/c1-5-15(6-2)8-7-10-9(3)11(12(14)18-10)13(16)17-4/h5-8,14H2,1-4H3. The molecule has 1 rings (SSSR count). The zero-order chi connectivity index (χ0) is 13.7. The minimum Gasteiger partial charge on any atom is -0.465 e. The molecule has 5 heteroatoms. The van der Waals surface area contributed by atoms with Crippen LogP contribution in [0.15, 0.2) is 0 Å². The van der Waals surface area contributed by atoms with Crippen LogP contribution in [0.2, 0.25) is 0 Å². The zero-order valence-electron chi connectivity index (χ0n) is 11.6. The number of esters is 1. The average Bonchev–Trinajstić information content (AvgIpc) is 2.65. The topological polar surface area (TPSA) is 55.6 Å². The third-order valence-electron chi connectivity index (χ3n) is 3.21. The summed E-state index contributed by atoms with van der Waals surface area (Å²) >= 11 is 1.50. The van der Waals surface area contributed by atoms with Crippen molar-refractivity contribution in [2.45, 2.75) is 27.2 Å². The van der Waals surface area contributed by atoms with Crippen molar-refractivity contribution in [2.24, 2.45) is 0 Å². The Morgan fingerprint density at radius 2 is 2.00 bits per heavy atom. The van der Waals surface area contributed by atoms with E-state index >= 15 is 0 Å². The zero-order valence-corrected chi connectivity index (χ0v) is 12.4. The molecule has 0 fully saturated rings. The average molecular weight is 270 g/mol.